The Kier molecular flexibility index (Phi) is 3.87. The third-order valence-corrected chi connectivity index (χ3v) is 6.11. The van der Waals surface area contributed by atoms with Crippen molar-refractivity contribution in [2.24, 2.45) is 0 Å². The van der Waals surface area contributed by atoms with Gasteiger partial charge in [-0.25, -0.2) is 0 Å². The summed E-state index contributed by atoms with van der Waals surface area (Å²) >= 11 is 3.58. The van der Waals surface area contributed by atoms with Gasteiger partial charge in [-0.1, -0.05) is 22.9 Å². The van der Waals surface area contributed by atoms with E-state index in [0.717, 1.165) is 51.8 Å². The summed E-state index contributed by atoms with van der Waals surface area (Å²) in [5.74, 6) is -0.0131. The van der Waals surface area contributed by atoms with Gasteiger partial charge in [0.25, 0.3) is 5.91 Å². The van der Waals surface area contributed by atoms with Crippen LogP contribution in [0, 0.1) is 6.92 Å². The standard InChI is InChI=1S/C20H21BrN2O/c1-3-12-13-6-4-5-7-16(13)22-18(12)10-14-19-11(2)15(21)8-9-17(19)23-20(14)24/h8-10,22H,3-7H2,1-2H3,(H,23,24). The second kappa shape index (κ2) is 5.92. The van der Waals surface area contributed by atoms with Crippen LogP contribution >= 0.6 is 15.9 Å². The van der Waals surface area contributed by atoms with Crippen molar-refractivity contribution < 1.29 is 4.79 Å². The zero-order valence-corrected chi connectivity index (χ0v) is 15.6. The third kappa shape index (κ3) is 2.35. The molecule has 0 bridgehead atoms. The van der Waals surface area contributed by atoms with Crippen LogP contribution in [-0.4, -0.2) is 10.9 Å². The van der Waals surface area contributed by atoms with Gasteiger partial charge < -0.3 is 10.3 Å². The highest BCUT2D eigenvalue weighted by Crippen LogP contribution is 2.39. The molecule has 1 aliphatic heterocycles. The van der Waals surface area contributed by atoms with E-state index in [2.05, 4.69) is 46.2 Å². The maximum Gasteiger partial charge on any atom is 0.256 e. The average Bonchev–Trinajstić information content (AvgIpc) is 3.09. The van der Waals surface area contributed by atoms with Gasteiger partial charge in [-0.05, 0) is 73.9 Å². The molecule has 0 unspecified atom stereocenters. The van der Waals surface area contributed by atoms with Crippen molar-refractivity contribution in [2.75, 3.05) is 5.32 Å². The average molecular weight is 385 g/mol. The van der Waals surface area contributed by atoms with Crippen molar-refractivity contribution in [3.05, 3.63) is 50.2 Å². The first-order valence-corrected chi connectivity index (χ1v) is 9.44. The molecule has 1 aliphatic carbocycles. The second-order valence-corrected chi connectivity index (χ2v) is 7.50. The van der Waals surface area contributed by atoms with E-state index in [0.29, 0.717) is 0 Å². The van der Waals surface area contributed by atoms with Crippen LogP contribution in [0.2, 0.25) is 0 Å². The molecule has 1 amide bonds. The van der Waals surface area contributed by atoms with Gasteiger partial charge in [0.2, 0.25) is 0 Å². The summed E-state index contributed by atoms with van der Waals surface area (Å²) in [5, 5.41) is 2.99. The maximum atomic E-state index is 12.5. The third-order valence-electron chi connectivity index (χ3n) is 5.25. The van der Waals surface area contributed by atoms with E-state index in [1.165, 1.54) is 29.7 Å². The summed E-state index contributed by atoms with van der Waals surface area (Å²) in [7, 11) is 0. The molecule has 1 aromatic carbocycles. The molecule has 0 atom stereocenters. The number of hydrogen-bond donors (Lipinski definition) is 2. The smallest absolute Gasteiger partial charge is 0.256 e. The van der Waals surface area contributed by atoms with Gasteiger partial charge in [0.15, 0.2) is 0 Å². The molecule has 0 saturated heterocycles. The molecular weight excluding hydrogens is 364 g/mol. The predicted molar refractivity (Wildman–Crippen MR) is 102 cm³/mol. The van der Waals surface area contributed by atoms with Gasteiger partial charge >= 0.3 is 0 Å². The van der Waals surface area contributed by atoms with Crippen molar-refractivity contribution in [2.45, 2.75) is 46.0 Å². The number of hydrogen-bond acceptors (Lipinski definition) is 1. The molecule has 3 nitrogen and oxygen atoms in total. The number of aromatic amines is 1. The zero-order chi connectivity index (χ0) is 16.8. The summed E-state index contributed by atoms with van der Waals surface area (Å²) in [6, 6.07) is 3.95. The number of amides is 1. The van der Waals surface area contributed by atoms with Crippen molar-refractivity contribution in [3.8, 4) is 0 Å². The van der Waals surface area contributed by atoms with Gasteiger partial charge in [-0.15, -0.1) is 0 Å². The molecule has 4 rings (SSSR count). The summed E-state index contributed by atoms with van der Waals surface area (Å²) in [5.41, 5.74) is 9.14. The molecule has 2 aromatic rings. The number of rotatable bonds is 2. The lowest BCUT2D eigenvalue weighted by atomic mass is 9.93. The lowest BCUT2D eigenvalue weighted by Crippen LogP contribution is -2.04. The molecular formula is C20H21BrN2O. The number of nitrogens with one attached hydrogen (secondary N) is 2. The Labute approximate surface area is 150 Å². The second-order valence-electron chi connectivity index (χ2n) is 6.64. The summed E-state index contributed by atoms with van der Waals surface area (Å²) in [6.07, 6.45) is 7.85. The van der Waals surface area contributed by atoms with Crippen LogP contribution in [-0.2, 0) is 24.1 Å². The van der Waals surface area contributed by atoms with Crippen LogP contribution in [0.25, 0.3) is 11.6 Å². The van der Waals surface area contributed by atoms with E-state index < -0.39 is 0 Å². The van der Waals surface area contributed by atoms with E-state index in [4.69, 9.17) is 0 Å². The highest BCUT2D eigenvalue weighted by molar-refractivity contribution is 9.10. The number of carbonyl (C=O) groups excluding carboxylic acids is 1. The minimum Gasteiger partial charge on any atom is -0.358 e. The first-order chi connectivity index (χ1) is 11.6. The highest BCUT2D eigenvalue weighted by atomic mass is 79.9. The van der Waals surface area contributed by atoms with Gasteiger partial charge in [0.05, 0.1) is 5.57 Å². The van der Waals surface area contributed by atoms with Crippen molar-refractivity contribution in [1.82, 2.24) is 4.98 Å². The molecule has 124 valence electrons. The van der Waals surface area contributed by atoms with Crippen LogP contribution in [0.5, 0.6) is 0 Å². The van der Waals surface area contributed by atoms with Crippen LogP contribution < -0.4 is 5.32 Å². The number of anilines is 1. The van der Waals surface area contributed by atoms with Crippen molar-refractivity contribution in [1.29, 1.82) is 0 Å². The fourth-order valence-corrected chi connectivity index (χ4v) is 4.36. The molecule has 24 heavy (non-hydrogen) atoms. The van der Waals surface area contributed by atoms with Crippen LogP contribution in [0.1, 0.15) is 53.4 Å². The van der Waals surface area contributed by atoms with Gasteiger partial charge in [-0.2, -0.15) is 0 Å². The Morgan fingerprint density at radius 1 is 1.25 bits per heavy atom. The predicted octanol–water partition coefficient (Wildman–Crippen LogP) is 5.02. The van der Waals surface area contributed by atoms with E-state index in [9.17, 15) is 4.79 Å². The first-order valence-electron chi connectivity index (χ1n) is 8.65. The Hall–Kier alpha value is -1.81. The number of carbonyl (C=O) groups is 1. The van der Waals surface area contributed by atoms with Crippen LogP contribution in [0.3, 0.4) is 0 Å². The molecule has 1 aromatic heterocycles. The lowest BCUT2D eigenvalue weighted by Gasteiger charge is -2.11. The molecule has 2 heterocycles. The molecule has 2 N–H and O–H groups in total. The Morgan fingerprint density at radius 3 is 2.83 bits per heavy atom. The molecule has 2 aliphatic rings. The summed E-state index contributed by atoms with van der Waals surface area (Å²) in [4.78, 5) is 16.1. The Bertz CT molecular complexity index is 876. The Morgan fingerprint density at radius 2 is 2.04 bits per heavy atom. The quantitative estimate of drug-likeness (QED) is 0.701. The minimum atomic E-state index is -0.0131. The molecule has 4 heteroatoms. The van der Waals surface area contributed by atoms with Crippen molar-refractivity contribution >= 4 is 39.2 Å². The SMILES string of the molecule is CCc1c(C=C2C(=O)Nc3ccc(Br)c(C)c32)[nH]c2c1CCCC2. The number of fused-ring (bicyclic) bond motifs is 2. The first kappa shape index (κ1) is 15.7. The van der Waals surface area contributed by atoms with Crippen LogP contribution in [0.15, 0.2) is 16.6 Å². The maximum absolute atomic E-state index is 12.5. The number of aromatic nitrogens is 1. The number of halogens is 1. The van der Waals surface area contributed by atoms with Gasteiger partial charge in [-0.3, -0.25) is 4.79 Å². The summed E-state index contributed by atoms with van der Waals surface area (Å²) < 4.78 is 1.03. The lowest BCUT2D eigenvalue weighted by molar-refractivity contribution is -0.110. The van der Waals surface area contributed by atoms with E-state index in [1.54, 1.807) is 0 Å². The number of benzene rings is 1. The van der Waals surface area contributed by atoms with E-state index >= 15 is 0 Å². The fourth-order valence-electron chi connectivity index (χ4n) is 4.03. The monoisotopic (exact) mass is 384 g/mol. The molecule has 0 spiro atoms. The zero-order valence-electron chi connectivity index (χ0n) is 14.1. The van der Waals surface area contributed by atoms with Gasteiger partial charge in [0, 0.05) is 27.1 Å². The Balaban J connectivity index is 1.88. The minimum absolute atomic E-state index is 0.0131. The normalized spacial score (nSPS) is 17.8. The fraction of sp³-hybridized carbons (Fsp3) is 0.350. The van der Waals surface area contributed by atoms with Gasteiger partial charge in [0.1, 0.15) is 0 Å². The summed E-state index contributed by atoms with van der Waals surface area (Å²) in [6.45, 7) is 4.25. The van der Waals surface area contributed by atoms with Crippen LogP contribution in [0.4, 0.5) is 5.69 Å². The highest BCUT2D eigenvalue weighted by Gasteiger charge is 2.28. The van der Waals surface area contributed by atoms with E-state index in [-0.39, 0.29) is 5.91 Å². The molecule has 0 radical (unpaired) electrons. The molecule has 0 saturated carbocycles. The van der Waals surface area contributed by atoms with E-state index in [1.807, 2.05) is 12.1 Å². The largest absolute Gasteiger partial charge is 0.358 e. The number of aryl methyl sites for hydroxylation is 1. The molecule has 0 fully saturated rings. The van der Waals surface area contributed by atoms with Crippen molar-refractivity contribution in [3.63, 3.8) is 0 Å². The number of H-pyrrole nitrogens is 1. The topological polar surface area (TPSA) is 44.9 Å².